The molecule has 100 valence electrons. The molecule has 0 aromatic heterocycles. The summed E-state index contributed by atoms with van der Waals surface area (Å²) in [5, 5.41) is 0. The summed E-state index contributed by atoms with van der Waals surface area (Å²) < 4.78 is 27.0. The molecule has 4 nitrogen and oxygen atoms in total. The summed E-state index contributed by atoms with van der Waals surface area (Å²) in [6, 6.07) is 15.1. The van der Waals surface area contributed by atoms with Crippen LogP contribution in [0.4, 0.5) is 5.69 Å². The molecule has 2 aromatic carbocycles. The Balaban J connectivity index is 2.37. The van der Waals surface area contributed by atoms with E-state index in [1.54, 1.807) is 42.5 Å². The number of para-hydroxylation sites is 1. The van der Waals surface area contributed by atoms with Crippen LogP contribution in [0.1, 0.15) is 18.5 Å². The Bertz CT molecular complexity index is 652. The normalized spacial score (nSPS) is 12.9. The molecule has 0 aliphatic heterocycles. The van der Waals surface area contributed by atoms with Gasteiger partial charge in [0.1, 0.15) is 0 Å². The highest BCUT2D eigenvalue weighted by atomic mass is 32.2. The fraction of sp³-hybridized carbons (Fsp3) is 0.143. The molecule has 2 rings (SSSR count). The highest BCUT2D eigenvalue weighted by Crippen LogP contribution is 2.23. The topological polar surface area (TPSA) is 72.2 Å². The van der Waals surface area contributed by atoms with Crippen LogP contribution in [-0.4, -0.2) is 8.42 Å². The first kappa shape index (κ1) is 13.6. The smallest absolute Gasteiger partial charge is 0.261 e. The molecule has 0 saturated carbocycles. The number of hydrogen-bond donors (Lipinski definition) is 2. The van der Waals surface area contributed by atoms with E-state index in [-0.39, 0.29) is 10.9 Å². The van der Waals surface area contributed by atoms with Crippen LogP contribution in [0, 0.1) is 0 Å². The molecule has 0 heterocycles. The molecule has 0 fully saturated rings. The predicted octanol–water partition coefficient (Wildman–Crippen LogP) is 2.51. The fourth-order valence-electron chi connectivity index (χ4n) is 1.79. The molecule has 19 heavy (non-hydrogen) atoms. The third-order valence-electron chi connectivity index (χ3n) is 2.75. The van der Waals surface area contributed by atoms with Crippen molar-refractivity contribution in [2.45, 2.75) is 17.9 Å². The molecule has 2 aromatic rings. The van der Waals surface area contributed by atoms with Crippen LogP contribution >= 0.6 is 0 Å². The zero-order valence-electron chi connectivity index (χ0n) is 10.6. The monoisotopic (exact) mass is 276 g/mol. The predicted molar refractivity (Wildman–Crippen MR) is 76.3 cm³/mol. The zero-order valence-corrected chi connectivity index (χ0v) is 11.4. The summed E-state index contributed by atoms with van der Waals surface area (Å²) in [5.74, 6) is 0. The first-order chi connectivity index (χ1) is 9.00. The van der Waals surface area contributed by atoms with E-state index >= 15 is 0 Å². The van der Waals surface area contributed by atoms with Crippen molar-refractivity contribution in [1.82, 2.24) is 0 Å². The van der Waals surface area contributed by atoms with Gasteiger partial charge in [-0.05, 0) is 30.7 Å². The van der Waals surface area contributed by atoms with Crippen molar-refractivity contribution in [1.29, 1.82) is 0 Å². The summed E-state index contributed by atoms with van der Waals surface area (Å²) in [6.45, 7) is 1.82. The Morgan fingerprint density at radius 2 is 1.58 bits per heavy atom. The van der Waals surface area contributed by atoms with Gasteiger partial charge >= 0.3 is 0 Å². The lowest BCUT2D eigenvalue weighted by Crippen LogP contribution is -2.16. The molecule has 0 aliphatic carbocycles. The Hall–Kier alpha value is -1.85. The molecule has 5 heteroatoms. The van der Waals surface area contributed by atoms with Gasteiger partial charge in [0, 0.05) is 6.04 Å². The molecule has 0 amide bonds. The van der Waals surface area contributed by atoms with Gasteiger partial charge in [0.05, 0.1) is 10.6 Å². The van der Waals surface area contributed by atoms with Crippen molar-refractivity contribution >= 4 is 15.7 Å². The number of nitrogens with two attached hydrogens (primary N) is 1. The maximum atomic E-state index is 12.2. The molecule has 1 unspecified atom stereocenters. The van der Waals surface area contributed by atoms with Crippen LogP contribution in [0.3, 0.4) is 0 Å². The van der Waals surface area contributed by atoms with E-state index in [4.69, 9.17) is 5.73 Å². The van der Waals surface area contributed by atoms with E-state index in [1.165, 1.54) is 0 Å². The average Bonchev–Trinajstić information content (AvgIpc) is 2.39. The van der Waals surface area contributed by atoms with Crippen LogP contribution in [-0.2, 0) is 10.0 Å². The van der Waals surface area contributed by atoms with E-state index in [0.29, 0.717) is 5.69 Å². The Labute approximate surface area is 113 Å². The standard InChI is InChI=1S/C14H16N2O2S/c1-11(15)13-9-5-6-10-14(13)16-19(17,18)12-7-3-2-4-8-12/h2-11,16H,15H2,1H3. The van der Waals surface area contributed by atoms with Gasteiger partial charge in [-0.1, -0.05) is 36.4 Å². The number of benzene rings is 2. The van der Waals surface area contributed by atoms with Crippen LogP contribution in [0.25, 0.3) is 0 Å². The van der Waals surface area contributed by atoms with Gasteiger partial charge in [-0.2, -0.15) is 0 Å². The third-order valence-corrected chi connectivity index (χ3v) is 4.13. The van der Waals surface area contributed by atoms with Crippen LogP contribution in [0.15, 0.2) is 59.5 Å². The van der Waals surface area contributed by atoms with Crippen molar-refractivity contribution in [3.05, 3.63) is 60.2 Å². The van der Waals surface area contributed by atoms with Gasteiger partial charge < -0.3 is 5.73 Å². The van der Waals surface area contributed by atoms with Crippen molar-refractivity contribution < 1.29 is 8.42 Å². The number of anilines is 1. The molecular formula is C14H16N2O2S. The van der Waals surface area contributed by atoms with Crippen molar-refractivity contribution in [3.63, 3.8) is 0 Å². The van der Waals surface area contributed by atoms with Gasteiger partial charge in [-0.25, -0.2) is 8.42 Å². The second-order valence-corrected chi connectivity index (χ2v) is 5.98. The lowest BCUT2D eigenvalue weighted by Gasteiger charge is -2.14. The van der Waals surface area contributed by atoms with E-state index in [9.17, 15) is 8.42 Å². The lowest BCUT2D eigenvalue weighted by molar-refractivity contribution is 0.601. The number of rotatable bonds is 4. The fourth-order valence-corrected chi connectivity index (χ4v) is 2.90. The van der Waals surface area contributed by atoms with Crippen LogP contribution < -0.4 is 10.5 Å². The van der Waals surface area contributed by atoms with Gasteiger partial charge in [0.15, 0.2) is 0 Å². The second kappa shape index (κ2) is 5.42. The molecule has 0 bridgehead atoms. The van der Waals surface area contributed by atoms with Crippen molar-refractivity contribution in [2.75, 3.05) is 4.72 Å². The molecule has 0 aliphatic rings. The van der Waals surface area contributed by atoms with Gasteiger partial charge in [0.2, 0.25) is 0 Å². The van der Waals surface area contributed by atoms with Gasteiger partial charge in [-0.15, -0.1) is 0 Å². The summed E-state index contributed by atoms with van der Waals surface area (Å²) >= 11 is 0. The van der Waals surface area contributed by atoms with Crippen LogP contribution in [0.5, 0.6) is 0 Å². The van der Waals surface area contributed by atoms with Crippen molar-refractivity contribution in [3.8, 4) is 0 Å². The Morgan fingerprint density at radius 1 is 1.00 bits per heavy atom. The largest absolute Gasteiger partial charge is 0.324 e. The average molecular weight is 276 g/mol. The van der Waals surface area contributed by atoms with E-state index in [0.717, 1.165) is 5.56 Å². The SMILES string of the molecule is CC(N)c1ccccc1NS(=O)(=O)c1ccccc1. The Morgan fingerprint density at radius 3 is 2.21 bits per heavy atom. The van der Waals surface area contributed by atoms with E-state index in [2.05, 4.69) is 4.72 Å². The van der Waals surface area contributed by atoms with Gasteiger partial charge in [-0.3, -0.25) is 4.72 Å². The summed E-state index contributed by atoms with van der Waals surface area (Å²) in [6.07, 6.45) is 0. The first-order valence-corrected chi connectivity index (χ1v) is 7.41. The van der Waals surface area contributed by atoms with Crippen molar-refractivity contribution in [2.24, 2.45) is 5.73 Å². The number of sulfonamides is 1. The third kappa shape index (κ3) is 3.13. The van der Waals surface area contributed by atoms with E-state index in [1.807, 2.05) is 19.1 Å². The quantitative estimate of drug-likeness (QED) is 0.901. The van der Waals surface area contributed by atoms with Crippen LogP contribution in [0.2, 0.25) is 0 Å². The van der Waals surface area contributed by atoms with Gasteiger partial charge in [0.25, 0.3) is 10.0 Å². The number of nitrogens with one attached hydrogen (secondary N) is 1. The minimum absolute atomic E-state index is 0.231. The number of hydrogen-bond acceptors (Lipinski definition) is 3. The molecule has 0 saturated heterocycles. The molecule has 1 atom stereocenters. The maximum absolute atomic E-state index is 12.2. The molecular weight excluding hydrogens is 260 g/mol. The minimum atomic E-state index is -3.57. The maximum Gasteiger partial charge on any atom is 0.261 e. The Kier molecular flexibility index (Phi) is 3.87. The first-order valence-electron chi connectivity index (χ1n) is 5.93. The summed E-state index contributed by atoms with van der Waals surface area (Å²) in [5.41, 5.74) is 7.12. The highest BCUT2D eigenvalue weighted by Gasteiger charge is 2.16. The summed E-state index contributed by atoms with van der Waals surface area (Å²) in [7, 11) is -3.57. The summed E-state index contributed by atoms with van der Waals surface area (Å²) in [4.78, 5) is 0.231. The molecule has 3 N–H and O–H groups in total. The minimum Gasteiger partial charge on any atom is -0.324 e. The lowest BCUT2D eigenvalue weighted by atomic mass is 10.1. The highest BCUT2D eigenvalue weighted by molar-refractivity contribution is 7.92. The molecule has 0 spiro atoms. The van der Waals surface area contributed by atoms with E-state index < -0.39 is 10.0 Å². The second-order valence-electron chi connectivity index (χ2n) is 4.29. The zero-order chi connectivity index (χ0) is 13.9. The molecule has 0 radical (unpaired) electrons.